The van der Waals surface area contributed by atoms with Gasteiger partial charge in [0.1, 0.15) is 5.60 Å². The molecule has 1 aromatic rings. The highest BCUT2D eigenvalue weighted by Gasteiger charge is 2.29. The molecule has 1 heterocycles. The number of nitrogens with two attached hydrogens (primary N) is 1. The molecule has 116 valence electrons. The zero-order valence-electron chi connectivity index (χ0n) is 12.6. The Morgan fingerprint density at radius 3 is 2.81 bits per heavy atom. The number of benzene rings is 1. The van der Waals surface area contributed by atoms with Crippen molar-refractivity contribution in [3.05, 3.63) is 23.2 Å². The average Bonchev–Trinajstić information content (AvgIpc) is 2.79. The molecule has 1 atom stereocenters. The Morgan fingerprint density at radius 1 is 1.48 bits per heavy atom. The minimum absolute atomic E-state index is 0.168. The predicted octanol–water partition coefficient (Wildman–Crippen LogP) is 3.34. The van der Waals surface area contributed by atoms with Crippen molar-refractivity contribution in [2.45, 2.75) is 38.8 Å². The van der Waals surface area contributed by atoms with Crippen LogP contribution in [0.2, 0.25) is 5.02 Å². The molecule has 0 spiro atoms. The molecule has 1 aromatic carbocycles. The topological polar surface area (TPSA) is 67.6 Å². The molecule has 1 aliphatic rings. The molecular weight excluding hydrogens is 290 g/mol. The molecule has 1 amide bonds. The van der Waals surface area contributed by atoms with Crippen LogP contribution in [-0.4, -0.2) is 35.7 Å². The number of likely N-dealkylation sites (tertiary alicyclic amines) is 1. The molecular formula is C15H22ClN3O2. The normalized spacial score (nSPS) is 18.7. The molecule has 3 N–H and O–H groups in total. The summed E-state index contributed by atoms with van der Waals surface area (Å²) in [6.45, 7) is 6.89. The fourth-order valence-corrected chi connectivity index (χ4v) is 2.44. The number of anilines is 2. The van der Waals surface area contributed by atoms with Crippen molar-refractivity contribution in [3.63, 3.8) is 0 Å². The number of hydrogen-bond acceptors (Lipinski definition) is 4. The van der Waals surface area contributed by atoms with Gasteiger partial charge in [0.05, 0.1) is 11.4 Å². The highest BCUT2D eigenvalue weighted by Crippen LogP contribution is 2.25. The summed E-state index contributed by atoms with van der Waals surface area (Å²) in [6.07, 6.45) is 0.595. The van der Waals surface area contributed by atoms with E-state index in [1.165, 1.54) is 0 Å². The Balaban J connectivity index is 1.92. The molecule has 0 aliphatic carbocycles. The fraction of sp³-hybridized carbons (Fsp3) is 0.533. The molecule has 21 heavy (non-hydrogen) atoms. The van der Waals surface area contributed by atoms with Crippen LogP contribution in [-0.2, 0) is 4.74 Å². The van der Waals surface area contributed by atoms with Crippen molar-refractivity contribution in [2.75, 3.05) is 24.1 Å². The summed E-state index contributed by atoms with van der Waals surface area (Å²) in [6, 6.07) is 5.53. The van der Waals surface area contributed by atoms with Crippen LogP contribution >= 0.6 is 11.6 Å². The summed E-state index contributed by atoms with van der Waals surface area (Å²) in [5.74, 6) is 0. The van der Waals surface area contributed by atoms with E-state index in [1.807, 2.05) is 26.8 Å². The maximum absolute atomic E-state index is 12.0. The zero-order valence-corrected chi connectivity index (χ0v) is 13.4. The monoisotopic (exact) mass is 311 g/mol. The van der Waals surface area contributed by atoms with Gasteiger partial charge in [-0.25, -0.2) is 4.79 Å². The van der Waals surface area contributed by atoms with Gasteiger partial charge in [0, 0.05) is 24.2 Å². The van der Waals surface area contributed by atoms with Crippen molar-refractivity contribution in [1.29, 1.82) is 0 Å². The average molecular weight is 312 g/mol. The Hall–Kier alpha value is -1.62. The van der Waals surface area contributed by atoms with Crippen molar-refractivity contribution >= 4 is 29.1 Å². The number of nitrogens with one attached hydrogen (secondary N) is 1. The largest absolute Gasteiger partial charge is 0.444 e. The second-order valence-electron chi connectivity index (χ2n) is 6.29. The third-order valence-electron chi connectivity index (χ3n) is 3.21. The number of rotatable bonds is 2. The molecule has 0 aromatic heterocycles. The first-order valence-electron chi connectivity index (χ1n) is 7.04. The Labute approximate surface area is 130 Å². The van der Waals surface area contributed by atoms with E-state index in [1.54, 1.807) is 17.0 Å². The van der Waals surface area contributed by atoms with Crippen LogP contribution in [0.4, 0.5) is 16.2 Å². The molecule has 0 saturated carbocycles. The molecule has 2 rings (SSSR count). The van der Waals surface area contributed by atoms with Gasteiger partial charge in [-0.05, 0) is 45.4 Å². The molecule has 5 nitrogen and oxygen atoms in total. The highest BCUT2D eigenvalue weighted by atomic mass is 35.5. The Morgan fingerprint density at radius 2 is 2.19 bits per heavy atom. The van der Waals surface area contributed by atoms with Crippen LogP contribution in [0.25, 0.3) is 0 Å². The first-order valence-corrected chi connectivity index (χ1v) is 7.42. The quantitative estimate of drug-likeness (QED) is 0.822. The smallest absolute Gasteiger partial charge is 0.410 e. The van der Waals surface area contributed by atoms with E-state index in [0.717, 1.165) is 12.1 Å². The van der Waals surface area contributed by atoms with Gasteiger partial charge in [-0.1, -0.05) is 11.6 Å². The van der Waals surface area contributed by atoms with Gasteiger partial charge >= 0.3 is 6.09 Å². The molecule has 1 saturated heterocycles. The van der Waals surface area contributed by atoms with Crippen LogP contribution in [0.15, 0.2) is 18.2 Å². The van der Waals surface area contributed by atoms with E-state index in [0.29, 0.717) is 23.8 Å². The summed E-state index contributed by atoms with van der Waals surface area (Å²) in [7, 11) is 0. The number of carbonyl (C=O) groups excluding carboxylic acids is 1. The van der Waals surface area contributed by atoms with Crippen LogP contribution in [0.1, 0.15) is 27.2 Å². The fourth-order valence-electron chi connectivity index (χ4n) is 2.26. The van der Waals surface area contributed by atoms with E-state index in [4.69, 9.17) is 22.1 Å². The van der Waals surface area contributed by atoms with Gasteiger partial charge in [-0.2, -0.15) is 0 Å². The van der Waals surface area contributed by atoms with Gasteiger partial charge < -0.3 is 20.7 Å². The Kier molecular flexibility index (Phi) is 4.52. The number of nitrogens with zero attached hydrogens (tertiary/aromatic N) is 1. The van der Waals surface area contributed by atoms with E-state index >= 15 is 0 Å². The minimum atomic E-state index is -0.469. The number of ether oxygens (including phenoxy) is 1. The molecule has 1 fully saturated rings. The van der Waals surface area contributed by atoms with Gasteiger partial charge in [-0.15, -0.1) is 0 Å². The van der Waals surface area contributed by atoms with E-state index in [-0.39, 0.29) is 12.1 Å². The summed E-state index contributed by atoms with van der Waals surface area (Å²) in [4.78, 5) is 13.7. The standard InChI is InChI=1S/C15H22ClN3O2/c1-15(2,3)21-14(20)19-7-6-11(9-19)18-13-5-4-10(16)8-12(13)17/h4-5,8,11,18H,6-7,9,17H2,1-3H3/t11-/m1/s1. The van der Waals surface area contributed by atoms with Crippen LogP contribution < -0.4 is 11.1 Å². The van der Waals surface area contributed by atoms with Crippen molar-refractivity contribution in [2.24, 2.45) is 0 Å². The summed E-state index contributed by atoms with van der Waals surface area (Å²) < 4.78 is 5.38. The molecule has 0 unspecified atom stereocenters. The summed E-state index contributed by atoms with van der Waals surface area (Å²) >= 11 is 5.88. The third-order valence-corrected chi connectivity index (χ3v) is 3.45. The number of amides is 1. The van der Waals surface area contributed by atoms with Crippen molar-refractivity contribution in [1.82, 2.24) is 4.90 Å². The van der Waals surface area contributed by atoms with Gasteiger partial charge in [0.15, 0.2) is 0 Å². The maximum atomic E-state index is 12.0. The summed E-state index contributed by atoms with van der Waals surface area (Å²) in [5.41, 5.74) is 6.91. The van der Waals surface area contributed by atoms with Crippen LogP contribution in [0.3, 0.4) is 0 Å². The highest BCUT2D eigenvalue weighted by molar-refractivity contribution is 6.31. The van der Waals surface area contributed by atoms with Crippen molar-refractivity contribution in [3.8, 4) is 0 Å². The van der Waals surface area contributed by atoms with Crippen LogP contribution in [0, 0.1) is 0 Å². The predicted molar refractivity (Wildman–Crippen MR) is 85.7 cm³/mol. The molecule has 0 bridgehead atoms. The van der Waals surface area contributed by atoms with Gasteiger partial charge in [0.25, 0.3) is 0 Å². The number of halogens is 1. The Bertz CT molecular complexity index is 528. The first-order chi connectivity index (χ1) is 9.74. The number of nitrogen functional groups attached to an aromatic ring is 1. The molecule has 1 aliphatic heterocycles. The van der Waals surface area contributed by atoms with Gasteiger partial charge in [0.2, 0.25) is 0 Å². The van der Waals surface area contributed by atoms with Crippen LogP contribution in [0.5, 0.6) is 0 Å². The first kappa shape index (κ1) is 15.8. The molecule has 6 heteroatoms. The SMILES string of the molecule is CC(C)(C)OC(=O)N1CC[C@@H](Nc2ccc(Cl)cc2N)C1. The summed E-state index contributed by atoms with van der Waals surface area (Å²) in [5, 5.41) is 3.96. The van der Waals surface area contributed by atoms with Crippen molar-refractivity contribution < 1.29 is 9.53 Å². The van der Waals surface area contributed by atoms with E-state index in [9.17, 15) is 4.79 Å². The lowest BCUT2D eigenvalue weighted by Crippen LogP contribution is -2.36. The second-order valence-corrected chi connectivity index (χ2v) is 6.72. The lowest BCUT2D eigenvalue weighted by Gasteiger charge is -2.24. The zero-order chi connectivity index (χ0) is 15.6. The van der Waals surface area contributed by atoms with Gasteiger partial charge in [-0.3, -0.25) is 0 Å². The second kappa shape index (κ2) is 6.02. The molecule has 0 radical (unpaired) electrons. The minimum Gasteiger partial charge on any atom is -0.444 e. The lowest BCUT2D eigenvalue weighted by atomic mass is 10.2. The lowest BCUT2D eigenvalue weighted by molar-refractivity contribution is 0.0293. The number of hydrogen-bond donors (Lipinski definition) is 2. The maximum Gasteiger partial charge on any atom is 0.410 e. The third kappa shape index (κ3) is 4.43. The van der Waals surface area contributed by atoms with E-state index in [2.05, 4.69) is 5.32 Å². The number of carbonyl (C=O) groups is 1. The van der Waals surface area contributed by atoms with E-state index < -0.39 is 5.60 Å².